The monoisotopic (exact) mass is 259 g/mol. The second kappa shape index (κ2) is 5.85. The number of benzene rings is 2. The smallest absolute Gasteiger partial charge is 0.130 e. The topological polar surface area (TPSA) is 35.2 Å². The van der Waals surface area contributed by atoms with E-state index in [4.69, 9.17) is 10.5 Å². The fourth-order valence-electron chi connectivity index (χ4n) is 1.97. The van der Waals surface area contributed by atoms with Crippen LogP contribution in [0.3, 0.4) is 0 Å². The highest BCUT2D eigenvalue weighted by Crippen LogP contribution is 2.30. The van der Waals surface area contributed by atoms with E-state index in [0.717, 1.165) is 16.9 Å². The Bertz CT molecular complexity index is 566. The van der Waals surface area contributed by atoms with Gasteiger partial charge in [0.15, 0.2) is 0 Å². The molecule has 0 atom stereocenters. The lowest BCUT2D eigenvalue weighted by Crippen LogP contribution is -1.98. The summed E-state index contributed by atoms with van der Waals surface area (Å²) in [5, 5.41) is 0. The Morgan fingerprint density at radius 3 is 2.58 bits per heavy atom. The molecule has 2 N–H and O–H groups in total. The van der Waals surface area contributed by atoms with Crippen molar-refractivity contribution in [1.82, 2.24) is 0 Å². The molecule has 3 heteroatoms. The Morgan fingerprint density at radius 1 is 1.16 bits per heavy atom. The van der Waals surface area contributed by atoms with Gasteiger partial charge in [0.25, 0.3) is 0 Å². The van der Waals surface area contributed by atoms with Crippen molar-refractivity contribution in [2.45, 2.75) is 26.3 Å². The van der Waals surface area contributed by atoms with Crippen molar-refractivity contribution < 1.29 is 9.13 Å². The summed E-state index contributed by atoms with van der Waals surface area (Å²) in [6, 6.07) is 12.3. The van der Waals surface area contributed by atoms with Gasteiger partial charge in [0, 0.05) is 12.6 Å². The number of para-hydroxylation sites is 1. The van der Waals surface area contributed by atoms with Gasteiger partial charge in [0.1, 0.15) is 17.3 Å². The molecule has 0 radical (unpaired) electrons. The molecule has 0 aliphatic heterocycles. The molecule has 0 bridgehead atoms. The molecule has 2 aromatic rings. The third-order valence-electron chi connectivity index (χ3n) is 2.94. The van der Waals surface area contributed by atoms with Crippen molar-refractivity contribution in [2.24, 2.45) is 5.73 Å². The lowest BCUT2D eigenvalue weighted by molar-refractivity contribution is 0.467. The second-order valence-electron chi connectivity index (χ2n) is 4.79. The van der Waals surface area contributed by atoms with E-state index in [1.54, 1.807) is 6.07 Å². The van der Waals surface area contributed by atoms with Gasteiger partial charge in [0.05, 0.1) is 0 Å². The molecule has 0 heterocycles. The third kappa shape index (κ3) is 3.32. The van der Waals surface area contributed by atoms with Gasteiger partial charge in [0.2, 0.25) is 0 Å². The largest absolute Gasteiger partial charge is 0.457 e. The van der Waals surface area contributed by atoms with Crippen LogP contribution in [0.25, 0.3) is 0 Å². The Morgan fingerprint density at radius 2 is 1.89 bits per heavy atom. The van der Waals surface area contributed by atoms with E-state index in [-0.39, 0.29) is 5.82 Å². The summed E-state index contributed by atoms with van der Waals surface area (Å²) in [6.45, 7) is 4.48. The molecule has 19 heavy (non-hydrogen) atoms. The van der Waals surface area contributed by atoms with Crippen molar-refractivity contribution in [3.05, 3.63) is 59.4 Å². The number of ether oxygens (including phenoxy) is 1. The molecule has 2 rings (SSSR count). The summed E-state index contributed by atoms with van der Waals surface area (Å²) in [6.07, 6.45) is 0. The normalized spacial score (nSPS) is 10.8. The van der Waals surface area contributed by atoms with Gasteiger partial charge in [-0.25, -0.2) is 4.39 Å². The fourth-order valence-corrected chi connectivity index (χ4v) is 1.97. The zero-order chi connectivity index (χ0) is 13.8. The first-order valence-electron chi connectivity index (χ1n) is 6.36. The first-order chi connectivity index (χ1) is 9.10. The van der Waals surface area contributed by atoms with Gasteiger partial charge in [-0.15, -0.1) is 0 Å². The van der Waals surface area contributed by atoms with E-state index in [9.17, 15) is 4.39 Å². The Hall–Kier alpha value is -1.87. The predicted molar refractivity (Wildman–Crippen MR) is 74.9 cm³/mol. The molecule has 2 aromatic carbocycles. The predicted octanol–water partition coefficient (Wildman–Crippen LogP) is 4.20. The summed E-state index contributed by atoms with van der Waals surface area (Å²) in [5.41, 5.74) is 7.35. The van der Waals surface area contributed by atoms with Crippen LogP contribution in [0.2, 0.25) is 0 Å². The highest BCUT2D eigenvalue weighted by molar-refractivity contribution is 5.40. The van der Waals surface area contributed by atoms with Crippen molar-refractivity contribution in [3.63, 3.8) is 0 Å². The molecule has 0 saturated heterocycles. The Kier molecular flexibility index (Phi) is 4.17. The minimum atomic E-state index is -0.333. The van der Waals surface area contributed by atoms with E-state index in [2.05, 4.69) is 13.8 Å². The van der Waals surface area contributed by atoms with E-state index >= 15 is 0 Å². The first kappa shape index (κ1) is 13.6. The molecule has 0 aliphatic rings. The van der Waals surface area contributed by atoms with Crippen molar-refractivity contribution in [2.75, 3.05) is 0 Å². The van der Waals surface area contributed by atoms with Gasteiger partial charge in [-0.1, -0.05) is 32.0 Å². The van der Waals surface area contributed by atoms with Crippen LogP contribution >= 0.6 is 0 Å². The van der Waals surface area contributed by atoms with Crippen LogP contribution in [-0.4, -0.2) is 0 Å². The lowest BCUT2D eigenvalue weighted by atomic mass is 10.0. The van der Waals surface area contributed by atoms with E-state index < -0.39 is 0 Å². The van der Waals surface area contributed by atoms with Gasteiger partial charge < -0.3 is 10.5 Å². The molecular weight excluding hydrogens is 241 g/mol. The van der Waals surface area contributed by atoms with Crippen LogP contribution in [0, 0.1) is 5.82 Å². The number of rotatable bonds is 4. The number of nitrogens with two attached hydrogens (primary N) is 1. The van der Waals surface area contributed by atoms with E-state index in [0.29, 0.717) is 18.2 Å². The minimum Gasteiger partial charge on any atom is -0.457 e. The quantitative estimate of drug-likeness (QED) is 0.893. The number of hydrogen-bond acceptors (Lipinski definition) is 2. The SMILES string of the molecule is CC(C)c1ccccc1Oc1cc(F)cc(CN)c1. The second-order valence-corrected chi connectivity index (χ2v) is 4.79. The van der Waals surface area contributed by atoms with Crippen LogP contribution in [0.15, 0.2) is 42.5 Å². The molecule has 0 aliphatic carbocycles. The third-order valence-corrected chi connectivity index (χ3v) is 2.94. The van der Waals surface area contributed by atoms with Gasteiger partial charge in [-0.3, -0.25) is 0 Å². The van der Waals surface area contributed by atoms with Gasteiger partial charge >= 0.3 is 0 Å². The zero-order valence-corrected chi connectivity index (χ0v) is 11.2. The van der Waals surface area contributed by atoms with Crippen LogP contribution in [-0.2, 0) is 6.54 Å². The fraction of sp³-hybridized carbons (Fsp3) is 0.250. The van der Waals surface area contributed by atoms with Crippen molar-refractivity contribution >= 4 is 0 Å². The van der Waals surface area contributed by atoms with Crippen LogP contribution < -0.4 is 10.5 Å². The molecule has 0 aromatic heterocycles. The summed E-state index contributed by atoms with van der Waals surface area (Å²) in [4.78, 5) is 0. The minimum absolute atomic E-state index is 0.292. The van der Waals surface area contributed by atoms with Gasteiger partial charge in [-0.2, -0.15) is 0 Å². The maximum absolute atomic E-state index is 13.4. The first-order valence-corrected chi connectivity index (χ1v) is 6.36. The maximum Gasteiger partial charge on any atom is 0.130 e. The van der Waals surface area contributed by atoms with Crippen LogP contribution in [0.1, 0.15) is 30.9 Å². The molecule has 100 valence electrons. The maximum atomic E-state index is 13.4. The van der Waals surface area contributed by atoms with Crippen molar-refractivity contribution in [1.29, 1.82) is 0 Å². The molecule has 2 nitrogen and oxygen atoms in total. The lowest BCUT2D eigenvalue weighted by Gasteiger charge is -2.14. The number of halogens is 1. The number of hydrogen-bond donors (Lipinski definition) is 1. The molecule has 0 fully saturated rings. The Balaban J connectivity index is 2.33. The average molecular weight is 259 g/mol. The average Bonchev–Trinajstić information content (AvgIpc) is 2.38. The molecule has 0 amide bonds. The molecule has 0 saturated carbocycles. The summed E-state index contributed by atoms with van der Waals surface area (Å²) in [7, 11) is 0. The highest BCUT2D eigenvalue weighted by atomic mass is 19.1. The van der Waals surface area contributed by atoms with Crippen LogP contribution in [0.5, 0.6) is 11.5 Å². The summed E-state index contributed by atoms with van der Waals surface area (Å²) < 4.78 is 19.2. The zero-order valence-electron chi connectivity index (χ0n) is 11.2. The standard InChI is InChI=1S/C16H18FNO/c1-11(2)15-5-3-4-6-16(15)19-14-8-12(10-18)7-13(17)9-14/h3-9,11H,10,18H2,1-2H3. The summed E-state index contributed by atoms with van der Waals surface area (Å²) >= 11 is 0. The Labute approximate surface area is 113 Å². The van der Waals surface area contributed by atoms with Gasteiger partial charge in [-0.05, 0) is 35.2 Å². The van der Waals surface area contributed by atoms with E-state index in [1.807, 2.05) is 24.3 Å². The summed E-state index contributed by atoms with van der Waals surface area (Å²) in [5.74, 6) is 1.25. The molecular formula is C16H18FNO. The van der Waals surface area contributed by atoms with E-state index in [1.165, 1.54) is 12.1 Å². The van der Waals surface area contributed by atoms with Crippen molar-refractivity contribution in [3.8, 4) is 11.5 Å². The van der Waals surface area contributed by atoms with Crippen LogP contribution in [0.4, 0.5) is 4.39 Å². The highest BCUT2D eigenvalue weighted by Gasteiger charge is 2.09. The molecule has 0 unspecified atom stereocenters. The molecule has 0 spiro atoms.